The first kappa shape index (κ1) is 15.8. The number of likely N-dealkylation sites (tertiary alicyclic amines) is 1. The van der Waals surface area contributed by atoms with Crippen LogP contribution in [-0.2, 0) is 11.3 Å². The summed E-state index contributed by atoms with van der Waals surface area (Å²) in [5.74, 6) is 0.472. The van der Waals surface area contributed by atoms with Gasteiger partial charge in [-0.05, 0) is 33.3 Å². The number of rotatable bonds is 3. The molecule has 0 aromatic carbocycles. The van der Waals surface area contributed by atoms with Gasteiger partial charge in [0, 0.05) is 36.6 Å². The van der Waals surface area contributed by atoms with Crippen LogP contribution in [0.4, 0.5) is 0 Å². The van der Waals surface area contributed by atoms with E-state index in [1.807, 2.05) is 31.7 Å². The molecule has 7 heteroatoms. The number of aryl methyl sites for hydroxylation is 3. The Hall–Kier alpha value is -1.73. The summed E-state index contributed by atoms with van der Waals surface area (Å²) in [6.07, 6.45) is 1.18. The van der Waals surface area contributed by atoms with Crippen molar-refractivity contribution in [2.24, 2.45) is 5.92 Å². The average Bonchev–Trinajstić information content (AvgIpc) is 3.27. The minimum atomic E-state index is 0.0668. The number of aromatic nitrogens is 3. The fourth-order valence-corrected chi connectivity index (χ4v) is 4.57. The lowest BCUT2D eigenvalue weighted by Gasteiger charge is -2.19. The lowest BCUT2D eigenvalue weighted by atomic mass is 10.0. The smallest absolute Gasteiger partial charge is 0.272 e. The van der Waals surface area contributed by atoms with Crippen molar-refractivity contribution in [2.75, 3.05) is 13.1 Å². The van der Waals surface area contributed by atoms with E-state index in [1.54, 1.807) is 16.0 Å². The Kier molecular flexibility index (Phi) is 3.92. The van der Waals surface area contributed by atoms with Crippen LogP contribution in [0.2, 0.25) is 0 Å². The molecule has 128 valence electrons. The molecule has 4 heterocycles. The van der Waals surface area contributed by atoms with E-state index in [0.29, 0.717) is 24.7 Å². The van der Waals surface area contributed by atoms with Gasteiger partial charge >= 0.3 is 0 Å². The summed E-state index contributed by atoms with van der Waals surface area (Å²) < 4.78 is 7.98. The molecule has 2 aliphatic rings. The number of ether oxygens (including phenoxy) is 1. The second-order valence-electron chi connectivity index (χ2n) is 6.68. The summed E-state index contributed by atoms with van der Waals surface area (Å²) in [4.78, 5) is 19.3. The average molecular weight is 346 g/mol. The van der Waals surface area contributed by atoms with Gasteiger partial charge in [-0.1, -0.05) is 0 Å². The van der Waals surface area contributed by atoms with Gasteiger partial charge in [-0.15, -0.1) is 11.3 Å². The number of fused-ring (bicyclic) bond motifs is 1. The Labute approximate surface area is 145 Å². The molecule has 24 heavy (non-hydrogen) atoms. The molecule has 0 spiro atoms. The first-order valence-electron chi connectivity index (χ1n) is 8.46. The van der Waals surface area contributed by atoms with Crippen molar-refractivity contribution in [3.63, 3.8) is 0 Å². The van der Waals surface area contributed by atoms with Crippen molar-refractivity contribution >= 4 is 17.2 Å². The molecule has 2 aromatic rings. The SMILES string of the molecule is CCn1nc(C)cc1C(=O)N1C[C@H]2C[C@H](c3nc(C)cs3)O[C@H]2C1. The van der Waals surface area contributed by atoms with Crippen LogP contribution >= 0.6 is 11.3 Å². The van der Waals surface area contributed by atoms with Crippen LogP contribution < -0.4 is 0 Å². The highest BCUT2D eigenvalue weighted by Gasteiger charge is 2.45. The van der Waals surface area contributed by atoms with Crippen molar-refractivity contribution in [1.82, 2.24) is 19.7 Å². The Balaban J connectivity index is 1.44. The van der Waals surface area contributed by atoms with E-state index in [4.69, 9.17) is 4.74 Å². The first-order valence-corrected chi connectivity index (χ1v) is 9.34. The van der Waals surface area contributed by atoms with Gasteiger partial charge in [-0.3, -0.25) is 9.48 Å². The van der Waals surface area contributed by atoms with Crippen LogP contribution in [0, 0.1) is 19.8 Å². The molecular weight excluding hydrogens is 324 g/mol. The zero-order chi connectivity index (χ0) is 16.8. The molecule has 2 saturated heterocycles. The van der Waals surface area contributed by atoms with Crippen LogP contribution in [0.15, 0.2) is 11.4 Å². The highest BCUT2D eigenvalue weighted by atomic mass is 32.1. The van der Waals surface area contributed by atoms with Crippen molar-refractivity contribution in [3.05, 3.63) is 33.5 Å². The van der Waals surface area contributed by atoms with E-state index in [2.05, 4.69) is 15.5 Å². The van der Waals surface area contributed by atoms with Crippen LogP contribution in [0.3, 0.4) is 0 Å². The maximum absolute atomic E-state index is 12.8. The molecular formula is C17H22N4O2S. The van der Waals surface area contributed by atoms with Crippen LogP contribution in [0.5, 0.6) is 0 Å². The Morgan fingerprint density at radius 2 is 2.21 bits per heavy atom. The number of carbonyl (C=O) groups is 1. The monoisotopic (exact) mass is 346 g/mol. The number of thiazole rings is 1. The lowest BCUT2D eigenvalue weighted by molar-refractivity contribution is 0.0351. The van der Waals surface area contributed by atoms with Gasteiger partial charge in [0.25, 0.3) is 5.91 Å². The zero-order valence-electron chi connectivity index (χ0n) is 14.2. The second-order valence-corrected chi connectivity index (χ2v) is 7.57. The van der Waals surface area contributed by atoms with E-state index in [-0.39, 0.29) is 18.1 Å². The Morgan fingerprint density at radius 1 is 1.38 bits per heavy atom. The van der Waals surface area contributed by atoms with Crippen LogP contribution in [0.1, 0.15) is 46.3 Å². The minimum absolute atomic E-state index is 0.0668. The summed E-state index contributed by atoms with van der Waals surface area (Å²) in [5, 5.41) is 7.51. The van der Waals surface area contributed by atoms with Gasteiger partial charge in [0.1, 0.15) is 16.8 Å². The van der Waals surface area contributed by atoms with Crippen molar-refractivity contribution in [2.45, 2.75) is 45.9 Å². The predicted octanol–water partition coefficient (Wildman–Crippen LogP) is 2.58. The van der Waals surface area contributed by atoms with Crippen molar-refractivity contribution in [1.29, 1.82) is 0 Å². The molecule has 0 saturated carbocycles. The number of nitrogens with zero attached hydrogens (tertiary/aromatic N) is 4. The predicted molar refractivity (Wildman–Crippen MR) is 91.1 cm³/mol. The van der Waals surface area contributed by atoms with Crippen molar-refractivity contribution in [3.8, 4) is 0 Å². The topological polar surface area (TPSA) is 60.2 Å². The molecule has 2 fully saturated rings. The normalized spacial score (nSPS) is 26.1. The third-order valence-electron chi connectivity index (χ3n) is 4.86. The second kappa shape index (κ2) is 5.97. The minimum Gasteiger partial charge on any atom is -0.366 e. The van der Waals surface area contributed by atoms with Gasteiger partial charge in [0.2, 0.25) is 0 Å². The summed E-state index contributed by atoms with van der Waals surface area (Å²) in [6, 6.07) is 1.88. The third kappa shape index (κ3) is 2.65. The summed E-state index contributed by atoms with van der Waals surface area (Å²) in [5.41, 5.74) is 2.62. The standard InChI is InChI=1S/C17H22N4O2S/c1-4-21-13(5-10(2)19-21)17(22)20-7-12-6-14(23-15(12)8-20)16-18-11(3)9-24-16/h5,9,12,14-15H,4,6-8H2,1-3H3/t12-,14-,15+/m1/s1. The summed E-state index contributed by atoms with van der Waals surface area (Å²) in [7, 11) is 0. The molecule has 0 aliphatic carbocycles. The van der Waals surface area contributed by atoms with Crippen molar-refractivity contribution < 1.29 is 9.53 Å². The number of hydrogen-bond donors (Lipinski definition) is 0. The third-order valence-corrected chi connectivity index (χ3v) is 5.91. The van der Waals surface area contributed by atoms with Gasteiger partial charge in [-0.2, -0.15) is 5.10 Å². The maximum Gasteiger partial charge on any atom is 0.272 e. The molecule has 0 bridgehead atoms. The van der Waals surface area contributed by atoms with Gasteiger partial charge in [0.15, 0.2) is 0 Å². The van der Waals surface area contributed by atoms with Crippen LogP contribution in [0.25, 0.3) is 0 Å². The molecule has 0 radical (unpaired) electrons. The lowest BCUT2D eigenvalue weighted by Crippen LogP contribution is -2.32. The number of carbonyl (C=O) groups excluding carboxylic acids is 1. The summed E-state index contributed by atoms with van der Waals surface area (Å²) >= 11 is 1.67. The largest absolute Gasteiger partial charge is 0.366 e. The van der Waals surface area contributed by atoms with E-state index in [9.17, 15) is 4.79 Å². The molecule has 0 unspecified atom stereocenters. The molecule has 2 aliphatic heterocycles. The summed E-state index contributed by atoms with van der Waals surface area (Å²) in [6.45, 7) is 8.07. The molecule has 6 nitrogen and oxygen atoms in total. The van der Waals surface area contributed by atoms with Crippen LogP contribution in [-0.4, -0.2) is 44.8 Å². The number of amides is 1. The molecule has 4 rings (SSSR count). The van der Waals surface area contributed by atoms with Gasteiger partial charge < -0.3 is 9.64 Å². The quantitative estimate of drug-likeness (QED) is 0.857. The van der Waals surface area contributed by atoms with E-state index in [0.717, 1.165) is 29.4 Å². The molecule has 0 N–H and O–H groups in total. The highest BCUT2D eigenvalue weighted by molar-refractivity contribution is 7.09. The van der Waals surface area contributed by atoms with E-state index >= 15 is 0 Å². The number of hydrogen-bond acceptors (Lipinski definition) is 5. The molecule has 1 amide bonds. The van der Waals surface area contributed by atoms with Gasteiger partial charge in [-0.25, -0.2) is 4.98 Å². The molecule has 2 aromatic heterocycles. The Bertz CT molecular complexity index is 754. The van der Waals surface area contributed by atoms with E-state index < -0.39 is 0 Å². The Morgan fingerprint density at radius 3 is 2.88 bits per heavy atom. The van der Waals surface area contributed by atoms with Gasteiger partial charge in [0.05, 0.1) is 11.8 Å². The fourth-order valence-electron chi connectivity index (χ4n) is 3.73. The molecule has 3 atom stereocenters. The zero-order valence-corrected chi connectivity index (χ0v) is 15.0. The maximum atomic E-state index is 12.8. The fraction of sp³-hybridized carbons (Fsp3) is 0.588. The van der Waals surface area contributed by atoms with E-state index in [1.165, 1.54) is 0 Å². The highest BCUT2D eigenvalue weighted by Crippen LogP contribution is 2.41. The first-order chi connectivity index (χ1) is 11.5.